The van der Waals surface area contributed by atoms with Crippen molar-refractivity contribution in [2.24, 2.45) is 5.73 Å². The van der Waals surface area contributed by atoms with Crippen LogP contribution in [0.4, 0.5) is 8.78 Å². The number of benzene rings is 2. The SMILES string of the molecule is NC(c1ccccc1)C(O)c1cc(F)ccc1F. The van der Waals surface area contributed by atoms with E-state index in [1.165, 1.54) is 0 Å². The molecule has 2 atom stereocenters. The molecule has 2 aromatic rings. The third kappa shape index (κ3) is 2.55. The second-order valence-electron chi connectivity index (χ2n) is 4.05. The van der Waals surface area contributed by atoms with Crippen LogP contribution in [0.5, 0.6) is 0 Å². The maximum Gasteiger partial charge on any atom is 0.129 e. The number of rotatable bonds is 3. The highest BCUT2D eigenvalue weighted by Crippen LogP contribution is 2.28. The molecule has 0 amide bonds. The predicted molar refractivity (Wildman–Crippen MR) is 64.7 cm³/mol. The maximum atomic E-state index is 13.5. The van der Waals surface area contributed by atoms with Crippen molar-refractivity contribution in [1.82, 2.24) is 0 Å². The van der Waals surface area contributed by atoms with Gasteiger partial charge in [-0.3, -0.25) is 0 Å². The Hall–Kier alpha value is -1.78. The molecule has 94 valence electrons. The second kappa shape index (κ2) is 5.25. The molecule has 3 N–H and O–H groups in total. The first kappa shape index (κ1) is 12.7. The number of halogens is 2. The summed E-state index contributed by atoms with van der Waals surface area (Å²) in [5.41, 5.74) is 6.38. The van der Waals surface area contributed by atoms with E-state index in [-0.39, 0.29) is 5.56 Å². The highest BCUT2D eigenvalue weighted by Gasteiger charge is 2.22. The topological polar surface area (TPSA) is 46.2 Å². The minimum Gasteiger partial charge on any atom is -0.386 e. The van der Waals surface area contributed by atoms with Gasteiger partial charge >= 0.3 is 0 Å². The van der Waals surface area contributed by atoms with Gasteiger partial charge in [-0.15, -0.1) is 0 Å². The summed E-state index contributed by atoms with van der Waals surface area (Å²) in [4.78, 5) is 0. The monoisotopic (exact) mass is 249 g/mol. The van der Waals surface area contributed by atoms with E-state index in [1.807, 2.05) is 6.07 Å². The van der Waals surface area contributed by atoms with E-state index in [9.17, 15) is 13.9 Å². The minimum atomic E-state index is -1.29. The molecule has 0 spiro atoms. The van der Waals surface area contributed by atoms with Crippen molar-refractivity contribution in [1.29, 1.82) is 0 Å². The zero-order chi connectivity index (χ0) is 13.1. The van der Waals surface area contributed by atoms with E-state index in [2.05, 4.69) is 0 Å². The molecule has 0 heterocycles. The van der Waals surface area contributed by atoms with E-state index in [0.29, 0.717) is 5.56 Å². The summed E-state index contributed by atoms with van der Waals surface area (Å²) in [5, 5.41) is 10.0. The van der Waals surface area contributed by atoms with Gasteiger partial charge in [0.1, 0.15) is 17.7 Å². The summed E-state index contributed by atoms with van der Waals surface area (Å²) in [6.07, 6.45) is -1.29. The number of aliphatic hydroxyl groups excluding tert-OH is 1. The maximum absolute atomic E-state index is 13.5. The summed E-state index contributed by atoms with van der Waals surface area (Å²) in [6.45, 7) is 0. The molecule has 0 aliphatic carbocycles. The lowest BCUT2D eigenvalue weighted by molar-refractivity contribution is 0.142. The number of aliphatic hydroxyl groups is 1. The van der Waals surface area contributed by atoms with Crippen molar-refractivity contribution in [3.05, 3.63) is 71.3 Å². The van der Waals surface area contributed by atoms with Crippen LogP contribution in [-0.4, -0.2) is 5.11 Å². The van der Waals surface area contributed by atoms with E-state index in [0.717, 1.165) is 18.2 Å². The van der Waals surface area contributed by atoms with Crippen LogP contribution in [0.2, 0.25) is 0 Å². The van der Waals surface area contributed by atoms with Crippen LogP contribution in [-0.2, 0) is 0 Å². The van der Waals surface area contributed by atoms with Gasteiger partial charge in [-0.2, -0.15) is 0 Å². The fraction of sp³-hybridized carbons (Fsp3) is 0.143. The molecule has 0 radical (unpaired) electrons. The lowest BCUT2D eigenvalue weighted by atomic mass is 9.96. The molecule has 0 bridgehead atoms. The fourth-order valence-corrected chi connectivity index (χ4v) is 1.79. The summed E-state index contributed by atoms with van der Waals surface area (Å²) in [6, 6.07) is 10.9. The van der Waals surface area contributed by atoms with Gasteiger partial charge < -0.3 is 10.8 Å². The largest absolute Gasteiger partial charge is 0.386 e. The number of nitrogens with two attached hydrogens (primary N) is 1. The Kier molecular flexibility index (Phi) is 3.69. The standard InChI is InChI=1S/C14H13F2NO/c15-10-6-7-12(16)11(8-10)14(18)13(17)9-4-2-1-3-5-9/h1-8,13-14,18H,17H2. The molecule has 0 saturated heterocycles. The molecular weight excluding hydrogens is 236 g/mol. The third-order valence-corrected chi connectivity index (χ3v) is 2.80. The summed E-state index contributed by atoms with van der Waals surface area (Å²) >= 11 is 0. The summed E-state index contributed by atoms with van der Waals surface area (Å²) in [5.74, 6) is -1.28. The quantitative estimate of drug-likeness (QED) is 0.878. The van der Waals surface area contributed by atoms with Crippen molar-refractivity contribution < 1.29 is 13.9 Å². The Bertz CT molecular complexity index is 531. The van der Waals surface area contributed by atoms with Gasteiger partial charge in [0.25, 0.3) is 0 Å². The van der Waals surface area contributed by atoms with Crippen LogP contribution in [0.15, 0.2) is 48.5 Å². The first-order valence-electron chi connectivity index (χ1n) is 5.53. The van der Waals surface area contributed by atoms with Crippen molar-refractivity contribution in [2.45, 2.75) is 12.1 Å². The molecular formula is C14H13F2NO. The van der Waals surface area contributed by atoms with E-state index in [4.69, 9.17) is 5.73 Å². The summed E-state index contributed by atoms with van der Waals surface area (Å²) in [7, 11) is 0. The van der Waals surface area contributed by atoms with Crippen LogP contribution >= 0.6 is 0 Å². The fourth-order valence-electron chi connectivity index (χ4n) is 1.79. The Balaban J connectivity index is 2.31. The van der Waals surface area contributed by atoms with Gasteiger partial charge in [-0.25, -0.2) is 8.78 Å². The first-order chi connectivity index (χ1) is 8.59. The molecule has 4 heteroatoms. The molecule has 0 fully saturated rings. The second-order valence-corrected chi connectivity index (χ2v) is 4.05. The van der Waals surface area contributed by atoms with Gasteiger partial charge in [0, 0.05) is 5.56 Å². The summed E-state index contributed by atoms with van der Waals surface area (Å²) < 4.78 is 26.6. The highest BCUT2D eigenvalue weighted by molar-refractivity contribution is 5.27. The van der Waals surface area contributed by atoms with Crippen LogP contribution < -0.4 is 5.73 Å². The Morgan fingerprint density at radius 3 is 2.33 bits per heavy atom. The van der Waals surface area contributed by atoms with Crippen molar-refractivity contribution in [3.8, 4) is 0 Å². The van der Waals surface area contributed by atoms with Crippen LogP contribution in [0.1, 0.15) is 23.3 Å². The molecule has 0 aromatic heterocycles. The van der Waals surface area contributed by atoms with E-state index < -0.39 is 23.8 Å². The molecule has 2 nitrogen and oxygen atoms in total. The first-order valence-corrected chi connectivity index (χ1v) is 5.53. The lowest BCUT2D eigenvalue weighted by Crippen LogP contribution is -2.20. The van der Waals surface area contributed by atoms with Crippen molar-refractivity contribution in [3.63, 3.8) is 0 Å². The predicted octanol–water partition coefficient (Wildman–Crippen LogP) is 2.70. The van der Waals surface area contributed by atoms with Gasteiger partial charge in [0.15, 0.2) is 0 Å². The van der Waals surface area contributed by atoms with Gasteiger partial charge in [0.05, 0.1) is 6.04 Å². The Morgan fingerprint density at radius 2 is 1.67 bits per heavy atom. The lowest BCUT2D eigenvalue weighted by Gasteiger charge is -2.20. The zero-order valence-electron chi connectivity index (χ0n) is 9.55. The van der Waals surface area contributed by atoms with E-state index in [1.54, 1.807) is 24.3 Å². The molecule has 2 unspecified atom stereocenters. The van der Waals surface area contributed by atoms with Gasteiger partial charge in [-0.05, 0) is 23.8 Å². The Morgan fingerprint density at radius 1 is 1.00 bits per heavy atom. The Labute approximate surface area is 104 Å². The molecule has 0 aliphatic heterocycles. The molecule has 18 heavy (non-hydrogen) atoms. The zero-order valence-corrected chi connectivity index (χ0v) is 9.55. The normalized spacial score (nSPS) is 14.2. The molecule has 2 aromatic carbocycles. The van der Waals surface area contributed by atoms with Crippen LogP contribution in [0.25, 0.3) is 0 Å². The van der Waals surface area contributed by atoms with Crippen molar-refractivity contribution >= 4 is 0 Å². The van der Waals surface area contributed by atoms with Gasteiger partial charge in [0.2, 0.25) is 0 Å². The average molecular weight is 249 g/mol. The molecule has 2 rings (SSSR count). The minimum absolute atomic E-state index is 0.133. The van der Waals surface area contributed by atoms with Crippen molar-refractivity contribution in [2.75, 3.05) is 0 Å². The third-order valence-electron chi connectivity index (χ3n) is 2.80. The highest BCUT2D eigenvalue weighted by atomic mass is 19.1. The molecule has 0 saturated carbocycles. The van der Waals surface area contributed by atoms with Crippen LogP contribution in [0.3, 0.4) is 0 Å². The van der Waals surface area contributed by atoms with E-state index >= 15 is 0 Å². The number of hydrogen-bond acceptors (Lipinski definition) is 2. The van der Waals surface area contributed by atoms with Crippen LogP contribution in [0, 0.1) is 11.6 Å². The average Bonchev–Trinajstić information content (AvgIpc) is 2.41. The molecule has 0 aliphatic rings. The number of hydrogen-bond donors (Lipinski definition) is 2. The smallest absolute Gasteiger partial charge is 0.129 e. The van der Waals surface area contributed by atoms with Gasteiger partial charge in [-0.1, -0.05) is 30.3 Å².